The summed E-state index contributed by atoms with van der Waals surface area (Å²) in [5, 5.41) is 0.662. The number of fused-ring (bicyclic) bond motifs is 1. The molecule has 142 valence electrons. The Morgan fingerprint density at radius 1 is 1.11 bits per heavy atom. The van der Waals surface area contributed by atoms with Crippen molar-refractivity contribution < 1.29 is 23.4 Å². The van der Waals surface area contributed by atoms with Crippen LogP contribution in [0, 0.1) is 0 Å². The number of methoxy groups -OCH3 is 1. The highest BCUT2D eigenvalue weighted by Gasteiger charge is 2.45. The second kappa shape index (κ2) is 6.88. The van der Waals surface area contributed by atoms with Crippen LogP contribution in [0.3, 0.4) is 0 Å². The lowest BCUT2D eigenvalue weighted by molar-refractivity contribution is -0.150. The van der Waals surface area contributed by atoms with Crippen LogP contribution in [0.15, 0.2) is 76.0 Å². The van der Waals surface area contributed by atoms with E-state index in [1.165, 1.54) is 6.07 Å². The molecule has 0 bridgehead atoms. The van der Waals surface area contributed by atoms with Crippen molar-refractivity contribution in [1.82, 2.24) is 0 Å². The number of benzene rings is 2. The third-order valence-electron chi connectivity index (χ3n) is 4.76. The predicted molar refractivity (Wildman–Crippen MR) is 103 cm³/mol. The van der Waals surface area contributed by atoms with Gasteiger partial charge in [-0.15, -0.1) is 0 Å². The van der Waals surface area contributed by atoms with E-state index in [2.05, 4.69) is 6.58 Å². The summed E-state index contributed by atoms with van der Waals surface area (Å²) in [4.78, 5) is 24.0. The highest BCUT2D eigenvalue weighted by Crippen LogP contribution is 2.40. The number of hydrogen-bond donors (Lipinski definition) is 0. The topological polar surface area (TPSA) is 75.0 Å². The van der Waals surface area contributed by atoms with Gasteiger partial charge in [0.2, 0.25) is 0 Å². The zero-order valence-electron chi connectivity index (χ0n) is 15.3. The monoisotopic (exact) mass is 378 g/mol. The van der Waals surface area contributed by atoms with Crippen molar-refractivity contribution in [1.29, 1.82) is 0 Å². The van der Waals surface area contributed by atoms with Crippen molar-refractivity contribution in [3.05, 3.63) is 82.7 Å². The minimum atomic E-state index is -1.03. The number of cyclic esters (lactones) is 1. The fourth-order valence-corrected chi connectivity index (χ4v) is 3.32. The molecule has 0 aliphatic carbocycles. The Balaban J connectivity index is 1.70. The normalized spacial score (nSPS) is 18.9. The smallest absolute Gasteiger partial charge is 0.339 e. The molecule has 0 spiro atoms. The number of rotatable bonds is 5. The van der Waals surface area contributed by atoms with Crippen LogP contribution < -0.4 is 15.1 Å². The van der Waals surface area contributed by atoms with Crippen molar-refractivity contribution in [2.75, 3.05) is 13.7 Å². The van der Waals surface area contributed by atoms with E-state index in [0.717, 1.165) is 5.56 Å². The lowest BCUT2D eigenvalue weighted by atomic mass is 9.90. The van der Waals surface area contributed by atoms with Crippen LogP contribution in [0.25, 0.3) is 11.0 Å². The van der Waals surface area contributed by atoms with Gasteiger partial charge < -0.3 is 18.6 Å². The Kier molecular flexibility index (Phi) is 4.39. The predicted octanol–water partition coefficient (Wildman–Crippen LogP) is 3.58. The molecule has 3 aromatic rings. The van der Waals surface area contributed by atoms with Crippen LogP contribution in [0.5, 0.6) is 11.5 Å². The van der Waals surface area contributed by atoms with Gasteiger partial charge in [-0.1, -0.05) is 30.8 Å². The molecule has 6 nitrogen and oxygen atoms in total. The molecule has 28 heavy (non-hydrogen) atoms. The van der Waals surface area contributed by atoms with Gasteiger partial charge in [0.25, 0.3) is 0 Å². The third kappa shape index (κ3) is 3.13. The van der Waals surface area contributed by atoms with Crippen LogP contribution >= 0.6 is 0 Å². The van der Waals surface area contributed by atoms with Gasteiger partial charge in [0, 0.05) is 12.0 Å². The first-order valence-corrected chi connectivity index (χ1v) is 8.72. The maximum absolute atomic E-state index is 12.1. The van der Waals surface area contributed by atoms with Crippen molar-refractivity contribution in [3.63, 3.8) is 0 Å². The molecule has 6 heteroatoms. The van der Waals surface area contributed by atoms with Gasteiger partial charge in [-0.3, -0.25) is 0 Å². The minimum absolute atomic E-state index is 0.0253. The number of carbonyl (C=O) groups excluding carboxylic acids is 1. The van der Waals surface area contributed by atoms with Gasteiger partial charge in [0.05, 0.1) is 18.6 Å². The minimum Gasteiger partial charge on any atom is -0.497 e. The summed E-state index contributed by atoms with van der Waals surface area (Å²) in [6.45, 7) is 3.81. The SMILES string of the molecule is C=C1CC(COc2cc(=O)oc3ccccc23)(c2ccc(OC)cc2)OC1=O. The number of carbonyl (C=O) groups is 1. The third-order valence-corrected chi connectivity index (χ3v) is 4.76. The Hall–Kier alpha value is -3.54. The van der Waals surface area contributed by atoms with Crippen molar-refractivity contribution in [3.8, 4) is 11.5 Å². The molecule has 1 fully saturated rings. The van der Waals surface area contributed by atoms with E-state index in [-0.39, 0.29) is 13.0 Å². The number of hydrogen-bond acceptors (Lipinski definition) is 6. The summed E-state index contributed by atoms with van der Waals surface area (Å²) in [5.41, 5.74) is 0.0122. The summed E-state index contributed by atoms with van der Waals surface area (Å²) in [7, 11) is 1.58. The Labute approximate surface area is 160 Å². The van der Waals surface area contributed by atoms with Gasteiger partial charge in [-0.05, 0) is 29.8 Å². The quantitative estimate of drug-likeness (QED) is 0.384. The van der Waals surface area contributed by atoms with Gasteiger partial charge >= 0.3 is 11.6 Å². The molecule has 4 rings (SSSR count). The van der Waals surface area contributed by atoms with Crippen LogP contribution in [-0.2, 0) is 15.1 Å². The summed E-state index contributed by atoms with van der Waals surface area (Å²) in [6.07, 6.45) is 0.289. The van der Waals surface area contributed by atoms with Crippen LogP contribution in [0.4, 0.5) is 0 Å². The molecule has 0 N–H and O–H groups in total. The van der Waals surface area contributed by atoms with E-state index in [1.54, 1.807) is 37.4 Å². The first-order chi connectivity index (χ1) is 13.5. The van der Waals surface area contributed by atoms with Gasteiger partial charge in [-0.25, -0.2) is 9.59 Å². The zero-order chi connectivity index (χ0) is 19.7. The summed E-state index contributed by atoms with van der Waals surface area (Å²) >= 11 is 0. The molecule has 1 aliphatic heterocycles. The Morgan fingerprint density at radius 3 is 2.54 bits per heavy atom. The summed E-state index contributed by atoms with van der Waals surface area (Å²) in [6, 6.07) is 15.6. The molecule has 1 aromatic heterocycles. The number of ether oxygens (including phenoxy) is 3. The summed E-state index contributed by atoms with van der Waals surface area (Å²) in [5.74, 6) is 0.597. The second-order valence-corrected chi connectivity index (χ2v) is 6.61. The van der Waals surface area contributed by atoms with Crippen molar-refractivity contribution in [2.45, 2.75) is 12.0 Å². The van der Waals surface area contributed by atoms with Gasteiger partial charge in [-0.2, -0.15) is 0 Å². The van der Waals surface area contributed by atoms with E-state index < -0.39 is 17.2 Å². The highest BCUT2D eigenvalue weighted by atomic mass is 16.6. The highest BCUT2D eigenvalue weighted by molar-refractivity contribution is 5.90. The van der Waals surface area contributed by atoms with E-state index in [1.807, 2.05) is 18.2 Å². The molecular weight excluding hydrogens is 360 g/mol. The fourth-order valence-electron chi connectivity index (χ4n) is 3.32. The molecular formula is C22H18O6. The van der Waals surface area contributed by atoms with Crippen molar-refractivity contribution >= 4 is 16.9 Å². The van der Waals surface area contributed by atoms with Crippen LogP contribution in [0.1, 0.15) is 12.0 Å². The number of para-hydroxylation sites is 1. The Morgan fingerprint density at radius 2 is 1.86 bits per heavy atom. The first-order valence-electron chi connectivity index (χ1n) is 8.72. The lowest BCUT2D eigenvalue weighted by Gasteiger charge is -2.28. The van der Waals surface area contributed by atoms with Gasteiger partial charge in [0.15, 0.2) is 5.60 Å². The molecule has 1 saturated heterocycles. The number of esters is 1. The maximum Gasteiger partial charge on any atom is 0.339 e. The zero-order valence-corrected chi connectivity index (χ0v) is 15.3. The molecule has 0 saturated carbocycles. The Bertz CT molecular complexity index is 1090. The molecule has 1 unspecified atom stereocenters. The average Bonchev–Trinajstić information content (AvgIpc) is 3.01. The van der Waals surface area contributed by atoms with E-state index >= 15 is 0 Å². The molecule has 0 radical (unpaired) electrons. The van der Waals surface area contributed by atoms with Gasteiger partial charge in [0.1, 0.15) is 23.7 Å². The van der Waals surface area contributed by atoms with Crippen LogP contribution in [-0.4, -0.2) is 19.7 Å². The first kappa shape index (κ1) is 17.9. The second-order valence-electron chi connectivity index (χ2n) is 6.61. The fraction of sp³-hybridized carbons (Fsp3) is 0.182. The van der Waals surface area contributed by atoms with Crippen LogP contribution in [0.2, 0.25) is 0 Å². The molecule has 0 amide bonds. The van der Waals surface area contributed by atoms with Crippen molar-refractivity contribution in [2.24, 2.45) is 0 Å². The largest absolute Gasteiger partial charge is 0.497 e. The standard InChI is InChI=1S/C22H18O6/c1-14-12-22(28-21(14)24,15-7-9-16(25-2)10-8-15)13-26-19-11-20(23)27-18-6-4-3-5-17(18)19/h3-11H,1,12-13H2,2H3. The molecule has 1 atom stereocenters. The average molecular weight is 378 g/mol. The molecule has 2 aromatic carbocycles. The van der Waals surface area contributed by atoms with E-state index in [9.17, 15) is 9.59 Å². The van der Waals surface area contributed by atoms with E-state index in [4.69, 9.17) is 18.6 Å². The summed E-state index contributed by atoms with van der Waals surface area (Å²) < 4.78 is 22.1. The molecule has 2 heterocycles. The molecule has 1 aliphatic rings. The van der Waals surface area contributed by atoms with E-state index in [0.29, 0.717) is 28.0 Å². The lowest BCUT2D eigenvalue weighted by Crippen LogP contribution is -2.33. The maximum atomic E-state index is 12.1.